The maximum absolute atomic E-state index is 11.9. The molecule has 0 saturated carbocycles. The number of nitrogens with zero attached hydrogens (tertiary/aromatic N) is 1. The summed E-state index contributed by atoms with van der Waals surface area (Å²) in [4.78, 5) is 27.9. The molecule has 0 unspecified atom stereocenters. The molecule has 0 atom stereocenters. The van der Waals surface area contributed by atoms with E-state index in [1.807, 2.05) is 6.07 Å². The minimum atomic E-state index is -0.821. The second kappa shape index (κ2) is 5.32. The van der Waals surface area contributed by atoms with E-state index >= 15 is 0 Å². The van der Waals surface area contributed by atoms with Gasteiger partial charge in [0.25, 0.3) is 5.78 Å². The SMILES string of the molecule is CCOC(=O)C(=O)c1ccc2sc(C(C)(C)C)nc2c1. The van der Waals surface area contributed by atoms with Gasteiger partial charge in [0.15, 0.2) is 0 Å². The van der Waals surface area contributed by atoms with Crippen LogP contribution < -0.4 is 0 Å². The quantitative estimate of drug-likeness (QED) is 0.494. The van der Waals surface area contributed by atoms with Crippen LogP contribution in [0.5, 0.6) is 0 Å². The molecule has 2 rings (SSSR count). The molecule has 0 spiro atoms. The van der Waals surface area contributed by atoms with Crippen LogP contribution in [0.2, 0.25) is 0 Å². The Morgan fingerprint density at radius 2 is 2.00 bits per heavy atom. The molecule has 0 radical (unpaired) electrons. The van der Waals surface area contributed by atoms with Crippen LogP contribution in [0.3, 0.4) is 0 Å². The molecule has 1 aromatic heterocycles. The number of thiazole rings is 1. The summed E-state index contributed by atoms with van der Waals surface area (Å²) in [5.74, 6) is -1.45. The highest BCUT2D eigenvalue weighted by molar-refractivity contribution is 7.18. The summed E-state index contributed by atoms with van der Waals surface area (Å²) in [5, 5.41) is 1.01. The zero-order chi connectivity index (χ0) is 14.9. The number of rotatable bonds is 3. The first-order valence-electron chi connectivity index (χ1n) is 6.45. The first-order valence-corrected chi connectivity index (χ1v) is 7.27. The van der Waals surface area contributed by atoms with Gasteiger partial charge in [0, 0.05) is 11.0 Å². The number of ether oxygens (including phenoxy) is 1. The number of Topliss-reactive ketones (excluding diaryl/α,β-unsaturated/α-hetero) is 1. The van der Waals surface area contributed by atoms with Gasteiger partial charge >= 0.3 is 5.97 Å². The summed E-state index contributed by atoms with van der Waals surface area (Å²) in [6.45, 7) is 8.14. The number of ketones is 1. The van der Waals surface area contributed by atoms with E-state index in [1.54, 1.807) is 30.4 Å². The van der Waals surface area contributed by atoms with E-state index in [0.717, 1.165) is 15.2 Å². The predicted octanol–water partition coefficient (Wildman–Crippen LogP) is 3.34. The summed E-state index contributed by atoms with van der Waals surface area (Å²) < 4.78 is 5.73. The molecule has 0 amide bonds. The second-order valence-corrected chi connectivity index (χ2v) is 6.53. The van der Waals surface area contributed by atoms with Crippen LogP contribution in [0.1, 0.15) is 43.1 Å². The van der Waals surface area contributed by atoms with Crippen molar-refractivity contribution in [2.75, 3.05) is 6.61 Å². The number of carbonyl (C=O) groups excluding carboxylic acids is 2. The summed E-state index contributed by atoms with van der Waals surface area (Å²) >= 11 is 1.60. The summed E-state index contributed by atoms with van der Waals surface area (Å²) in [7, 11) is 0. The van der Waals surface area contributed by atoms with Gasteiger partial charge in [-0.05, 0) is 25.1 Å². The average molecular weight is 291 g/mol. The largest absolute Gasteiger partial charge is 0.460 e. The number of hydrogen-bond acceptors (Lipinski definition) is 5. The zero-order valence-corrected chi connectivity index (χ0v) is 12.8. The monoisotopic (exact) mass is 291 g/mol. The maximum atomic E-state index is 11.9. The van der Waals surface area contributed by atoms with E-state index in [9.17, 15) is 9.59 Å². The molecule has 0 aliphatic heterocycles. The lowest BCUT2D eigenvalue weighted by molar-refractivity contribution is -0.137. The number of fused-ring (bicyclic) bond motifs is 1. The fourth-order valence-corrected chi connectivity index (χ4v) is 2.71. The van der Waals surface area contributed by atoms with Gasteiger partial charge in [-0.25, -0.2) is 9.78 Å². The smallest absolute Gasteiger partial charge is 0.379 e. The Labute approximate surface area is 121 Å². The minimum absolute atomic E-state index is 0.0327. The molecule has 0 bridgehead atoms. The van der Waals surface area contributed by atoms with Crippen molar-refractivity contribution in [2.45, 2.75) is 33.1 Å². The minimum Gasteiger partial charge on any atom is -0.460 e. The van der Waals surface area contributed by atoms with Crippen molar-refractivity contribution in [3.8, 4) is 0 Å². The highest BCUT2D eigenvalue weighted by atomic mass is 32.1. The summed E-state index contributed by atoms with van der Waals surface area (Å²) in [5.41, 5.74) is 1.03. The number of benzene rings is 1. The molecule has 0 aliphatic rings. The van der Waals surface area contributed by atoms with Crippen molar-refractivity contribution in [2.24, 2.45) is 0 Å². The molecule has 0 N–H and O–H groups in total. The van der Waals surface area contributed by atoms with Crippen molar-refractivity contribution in [1.82, 2.24) is 4.98 Å². The van der Waals surface area contributed by atoms with Gasteiger partial charge < -0.3 is 4.74 Å². The number of hydrogen-bond donors (Lipinski definition) is 0. The summed E-state index contributed by atoms with van der Waals surface area (Å²) in [6, 6.07) is 5.13. The first-order chi connectivity index (χ1) is 9.32. The van der Waals surface area contributed by atoms with Crippen LogP contribution in [0.15, 0.2) is 18.2 Å². The molecule has 0 fully saturated rings. The number of carbonyl (C=O) groups is 2. The van der Waals surface area contributed by atoms with Crippen molar-refractivity contribution in [3.05, 3.63) is 28.8 Å². The molecule has 0 aliphatic carbocycles. The van der Waals surface area contributed by atoms with Crippen LogP contribution in [0.25, 0.3) is 10.2 Å². The fourth-order valence-electron chi connectivity index (χ4n) is 1.70. The second-order valence-electron chi connectivity index (χ2n) is 5.50. The molecular formula is C15H17NO3S. The van der Waals surface area contributed by atoms with Crippen molar-refractivity contribution < 1.29 is 14.3 Å². The molecule has 4 nitrogen and oxygen atoms in total. The van der Waals surface area contributed by atoms with Gasteiger partial charge in [-0.2, -0.15) is 0 Å². The fraction of sp³-hybridized carbons (Fsp3) is 0.400. The van der Waals surface area contributed by atoms with Crippen LogP contribution in [0.4, 0.5) is 0 Å². The van der Waals surface area contributed by atoms with Crippen LogP contribution in [-0.4, -0.2) is 23.3 Å². The Balaban J connectivity index is 2.39. The highest BCUT2D eigenvalue weighted by Crippen LogP contribution is 2.31. The maximum Gasteiger partial charge on any atom is 0.379 e. The van der Waals surface area contributed by atoms with E-state index in [1.165, 1.54) is 0 Å². The van der Waals surface area contributed by atoms with Crippen LogP contribution in [-0.2, 0) is 14.9 Å². The van der Waals surface area contributed by atoms with Crippen LogP contribution >= 0.6 is 11.3 Å². The lowest BCUT2D eigenvalue weighted by Crippen LogP contribution is -2.17. The average Bonchev–Trinajstić information content (AvgIpc) is 2.80. The Morgan fingerprint density at radius 1 is 1.30 bits per heavy atom. The van der Waals surface area contributed by atoms with Gasteiger partial charge in [-0.1, -0.05) is 20.8 Å². The van der Waals surface area contributed by atoms with Gasteiger partial charge in [0.05, 0.1) is 21.8 Å². The van der Waals surface area contributed by atoms with Gasteiger partial charge in [-0.3, -0.25) is 4.79 Å². The molecule has 2 aromatic rings. The zero-order valence-electron chi connectivity index (χ0n) is 12.0. The van der Waals surface area contributed by atoms with Crippen molar-refractivity contribution in [3.63, 3.8) is 0 Å². The summed E-state index contributed by atoms with van der Waals surface area (Å²) in [6.07, 6.45) is 0. The molecule has 106 valence electrons. The van der Waals surface area contributed by atoms with E-state index in [0.29, 0.717) is 5.56 Å². The molecular weight excluding hydrogens is 274 g/mol. The van der Waals surface area contributed by atoms with Crippen molar-refractivity contribution in [1.29, 1.82) is 0 Å². The normalized spacial score (nSPS) is 11.6. The Bertz CT molecular complexity index is 667. The van der Waals surface area contributed by atoms with Gasteiger partial charge in [0.1, 0.15) is 0 Å². The topological polar surface area (TPSA) is 56.3 Å². The molecule has 1 heterocycles. The van der Waals surface area contributed by atoms with Crippen molar-refractivity contribution >= 4 is 33.3 Å². The van der Waals surface area contributed by atoms with Crippen LogP contribution in [0, 0.1) is 0 Å². The third-order valence-electron chi connectivity index (χ3n) is 2.75. The van der Waals surface area contributed by atoms with E-state index in [4.69, 9.17) is 4.74 Å². The molecule has 5 heteroatoms. The Hall–Kier alpha value is -1.75. The molecule has 20 heavy (non-hydrogen) atoms. The lowest BCUT2D eigenvalue weighted by atomic mass is 9.98. The molecule has 1 aromatic carbocycles. The van der Waals surface area contributed by atoms with E-state index < -0.39 is 11.8 Å². The third-order valence-corrected chi connectivity index (χ3v) is 4.21. The number of esters is 1. The lowest BCUT2D eigenvalue weighted by Gasteiger charge is -2.13. The van der Waals surface area contributed by atoms with E-state index in [2.05, 4.69) is 25.8 Å². The van der Waals surface area contributed by atoms with E-state index in [-0.39, 0.29) is 12.0 Å². The third kappa shape index (κ3) is 2.88. The van der Waals surface area contributed by atoms with Gasteiger partial charge in [0.2, 0.25) is 0 Å². The standard InChI is InChI=1S/C15H17NO3S/c1-5-19-13(18)12(17)9-6-7-11-10(8-9)16-14(20-11)15(2,3)4/h6-8H,5H2,1-4H3. The highest BCUT2D eigenvalue weighted by Gasteiger charge is 2.21. The first kappa shape index (κ1) is 14.7. The number of aromatic nitrogens is 1. The Kier molecular flexibility index (Phi) is 3.90. The predicted molar refractivity (Wildman–Crippen MR) is 79.3 cm³/mol. The Morgan fingerprint density at radius 3 is 2.60 bits per heavy atom. The molecule has 0 saturated heterocycles. The van der Waals surface area contributed by atoms with Gasteiger partial charge in [-0.15, -0.1) is 11.3 Å².